The molecule has 0 aliphatic carbocycles. The Balaban J connectivity index is 2.24. The Bertz CT molecular complexity index is 909. The van der Waals surface area contributed by atoms with Gasteiger partial charge in [-0.25, -0.2) is 4.98 Å². The van der Waals surface area contributed by atoms with Gasteiger partial charge in [0.25, 0.3) is 0 Å². The molecule has 2 aromatic carbocycles. The molecular weight excluding hydrogens is 302 g/mol. The molecule has 6 heteroatoms. The number of anilines is 1. The Kier molecular flexibility index (Phi) is 3.42. The van der Waals surface area contributed by atoms with E-state index in [1.807, 2.05) is 37.3 Å². The van der Waals surface area contributed by atoms with E-state index in [1.165, 1.54) is 6.20 Å². The van der Waals surface area contributed by atoms with Crippen molar-refractivity contribution in [2.75, 3.05) is 5.73 Å². The predicted molar refractivity (Wildman–Crippen MR) is 88.0 cm³/mol. The van der Waals surface area contributed by atoms with E-state index >= 15 is 0 Å². The van der Waals surface area contributed by atoms with E-state index in [0.717, 1.165) is 16.7 Å². The Morgan fingerprint density at radius 1 is 1.23 bits per heavy atom. The van der Waals surface area contributed by atoms with Crippen LogP contribution in [0.1, 0.15) is 5.56 Å². The van der Waals surface area contributed by atoms with Crippen LogP contribution in [0.25, 0.3) is 22.0 Å². The van der Waals surface area contributed by atoms with Gasteiger partial charge in [-0.2, -0.15) is 0 Å². The number of nitro groups is 1. The fourth-order valence-electron chi connectivity index (χ4n) is 2.47. The third-order valence-corrected chi connectivity index (χ3v) is 3.82. The summed E-state index contributed by atoms with van der Waals surface area (Å²) in [5, 5.41) is 12.2. The summed E-state index contributed by atoms with van der Waals surface area (Å²) >= 11 is 5.98. The first-order chi connectivity index (χ1) is 10.5. The highest BCUT2D eigenvalue weighted by molar-refractivity contribution is 6.30. The number of halogens is 1. The van der Waals surface area contributed by atoms with Crippen molar-refractivity contribution in [2.24, 2.45) is 0 Å². The van der Waals surface area contributed by atoms with Gasteiger partial charge in [0.1, 0.15) is 11.9 Å². The Hall–Kier alpha value is -2.66. The molecule has 3 rings (SSSR count). The third-order valence-electron chi connectivity index (χ3n) is 3.58. The van der Waals surface area contributed by atoms with E-state index in [4.69, 9.17) is 17.3 Å². The van der Waals surface area contributed by atoms with Crippen molar-refractivity contribution in [2.45, 2.75) is 6.92 Å². The number of nitrogens with two attached hydrogens (primary N) is 1. The molecule has 0 atom stereocenters. The third kappa shape index (κ3) is 2.35. The number of aryl methyl sites for hydroxylation is 1. The number of benzene rings is 2. The molecule has 0 spiro atoms. The molecular formula is C16H12ClN3O2. The highest BCUT2D eigenvalue weighted by atomic mass is 35.5. The fraction of sp³-hybridized carbons (Fsp3) is 0.0625. The lowest BCUT2D eigenvalue weighted by atomic mass is 9.98. The zero-order chi connectivity index (χ0) is 15.9. The molecule has 3 aromatic rings. The SMILES string of the molecule is Cc1cc(Cl)ccc1-c1ccc2ncc([N+](=O)[O-])c(N)c2c1. The van der Waals surface area contributed by atoms with E-state index < -0.39 is 4.92 Å². The van der Waals surface area contributed by atoms with Crippen LogP contribution < -0.4 is 5.73 Å². The van der Waals surface area contributed by atoms with Crippen LogP contribution in [0, 0.1) is 17.0 Å². The van der Waals surface area contributed by atoms with Gasteiger partial charge in [0, 0.05) is 10.4 Å². The summed E-state index contributed by atoms with van der Waals surface area (Å²) in [6.07, 6.45) is 1.19. The molecule has 0 amide bonds. The summed E-state index contributed by atoms with van der Waals surface area (Å²) in [4.78, 5) is 14.5. The summed E-state index contributed by atoms with van der Waals surface area (Å²) in [6, 6.07) is 11.1. The molecule has 0 aliphatic heterocycles. The highest BCUT2D eigenvalue weighted by Gasteiger charge is 2.16. The van der Waals surface area contributed by atoms with Crippen LogP contribution in [0.15, 0.2) is 42.6 Å². The second-order valence-corrected chi connectivity index (χ2v) is 5.44. The average Bonchev–Trinajstić information content (AvgIpc) is 2.47. The van der Waals surface area contributed by atoms with Gasteiger partial charge in [-0.15, -0.1) is 0 Å². The largest absolute Gasteiger partial charge is 0.393 e. The minimum Gasteiger partial charge on any atom is -0.393 e. The highest BCUT2D eigenvalue weighted by Crippen LogP contribution is 2.33. The Labute approximate surface area is 131 Å². The maximum Gasteiger partial charge on any atom is 0.310 e. The topological polar surface area (TPSA) is 82.0 Å². The molecule has 0 saturated carbocycles. The summed E-state index contributed by atoms with van der Waals surface area (Å²) < 4.78 is 0. The van der Waals surface area contributed by atoms with Crippen LogP contribution >= 0.6 is 11.6 Å². The molecule has 0 unspecified atom stereocenters. The van der Waals surface area contributed by atoms with Crippen molar-refractivity contribution in [3.05, 3.63) is 63.3 Å². The molecule has 2 N–H and O–H groups in total. The molecule has 22 heavy (non-hydrogen) atoms. The first kappa shape index (κ1) is 14.3. The second kappa shape index (κ2) is 5.27. The predicted octanol–water partition coefficient (Wildman–Crippen LogP) is 4.35. The molecule has 0 aliphatic rings. The van der Waals surface area contributed by atoms with Crippen LogP contribution in [-0.4, -0.2) is 9.91 Å². The van der Waals surface area contributed by atoms with Gasteiger partial charge >= 0.3 is 5.69 Å². The lowest BCUT2D eigenvalue weighted by molar-refractivity contribution is -0.384. The minimum atomic E-state index is -0.526. The molecule has 0 radical (unpaired) electrons. The number of pyridine rings is 1. The first-order valence-electron chi connectivity index (χ1n) is 6.56. The smallest absolute Gasteiger partial charge is 0.310 e. The maximum absolute atomic E-state index is 11.0. The summed E-state index contributed by atoms with van der Waals surface area (Å²) in [7, 11) is 0. The zero-order valence-corrected chi connectivity index (χ0v) is 12.5. The van der Waals surface area contributed by atoms with Gasteiger partial charge in [0.15, 0.2) is 0 Å². The number of rotatable bonds is 2. The van der Waals surface area contributed by atoms with E-state index in [9.17, 15) is 10.1 Å². The molecule has 1 aromatic heterocycles. The van der Waals surface area contributed by atoms with Crippen LogP contribution in [0.5, 0.6) is 0 Å². The van der Waals surface area contributed by atoms with Crippen molar-refractivity contribution in [1.29, 1.82) is 0 Å². The molecule has 5 nitrogen and oxygen atoms in total. The zero-order valence-electron chi connectivity index (χ0n) is 11.7. The van der Waals surface area contributed by atoms with Crippen LogP contribution in [0.3, 0.4) is 0 Å². The fourth-order valence-corrected chi connectivity index (χ4v) is 2.69. The minimum absolute atomic E-state index is 0.128. The van der Waals surface area contributed by atoms with Gasteiger partial charge in [-0.05, 0) is 47.9 Å². The van der Waals surface area contributed by atoms with Gasteiger partial charge in [0.05, 0.1) is 10.4 Å². The summed E-state index contributed by atoms with van der Waals surface area (Å²) in [5.41, 5.74) is 9.42. The van der Waals surface area contributed by atoms with Crippen molar-refractivity contribution in [1.82, 2.24) is 4.98 Å². The van der Waals surface area contributed by atoms with Gasteiger partial charge < -0.3 is 5.73 Å². The molecule has 0 fully saturated rings. The van der Waals surface area contributed by atoms with Gasteiger partial charge in [-0.3, -0.25) is 10.1 Å². The number of aromatic nitrogens is 1. The average molecular weight is 314 g/mol. The van der Waals surface area contributed by atoms with E-state index in [2.05, 4.69) is 4.98 Å². The Morgan fingerprint density at radius 3 is 2.68 bits per heavy atom. The number of hydrogen-bond acceptors (Lipinski definition) is 4. The van der Waals surface area contributed by atoms with Crippen LogP contribution in [-0.2, 0) is 0 Å². The van der Waals surface area contributed by atoms with Crippen LogP contribution in [0.2, 0.25) is 5.02 Å². The molecule has 0 saturated heterocycles. The lowest BCUT2D eigenvalue weighted by Crippen LogP contribution is -1.98. The monoisotopic (exact) mass is 313 g/mol. The van der Waals surface area contributed by atoms with Crippen molar-refractivity contribution in [3.8, 4) is 11.1 Å². The van der Waals surface area contributed by atoms with Gasteiger partial charge in [-0.1, -0.05) is 23.7 Å². The Morgan fingerprint density at radius 2 is 2.00 bits per heavy atom. The van der Waals surface area contributed by atoms with Crippen molar-refractivity contribution in [3.63, 3.8) is 0 Å². The normalized spacial score (nSPS) is 10.8. The number of nitrogen functional groups attached to an aromatic ring is 1. The van der Waals surface area contributed by atoms with Crippen LogP contribution in [0.4, 0.5) is 11.4 Å². The van der Waals surface area contributed by atoms with Crippen molar-refractivity contribution >= 4 is 33.9 Å². The number of hydrogen-bond donors (Lipinski definition) is 1. The number of fused-ring (bicyclic) bond motifs is 1. The number of nitrogens with zero attached hydrogens (tertiary/aromatic N) is 2. The summed E-state index contributed by atoms with van der Waals surface area (Å²) in [5.74, 6) is 0. The first-order valence-corrected chi connectivity index (χ1v) is 6.94. The lowest BCUT2D eigenvalue weighted by Gasteiger charge is -2.09. The standard InChI is InChI=1S/C16H12ClN3O2/c1-9-6-11(17)3-4-12(9)10-2-5-14-13(7-10)16(18)15(8-19-14)20(21)22/h2-8H,1H3,(H2,18,19). The quantitative estimate of drug-likeness (QED) is 0.563. The maximum atomic E-state index is 11.0. The van der Waals surface area contributed by atoms with E-state index in [1.54, 1.807) is 6.07 Å². The van der Waals surface area contributed by atoms with Gasteiger partial charge in [0.2, 0.25) is 0 Å². The van der Waals surface area contributed by atoms with Crippen molar-refractivity contribution < 1.29 is 4.92 Å². The molecule has 1 heterocycles. The molecule has 0 bridgehead atoms. The van der Waals surface area contributed by atoms with E-state index in [-0.39, 0.29) is 11.4 Å². The summed E-state index contributed by atoms with van der Waals surface area (Å²) in [6.45, 7) is 1.96. The second-order valence-electron chi connectivity index (χ2n) is 5.01. The molecule has 110 valence electrons. The van der Waals surface area contributed by atoms with E-state index in [0.29, 0.717) is 15.9 Å².